The van der Waals surface area contributed by atoms with Crippen LogP contribution >= 0.6 is 0 Å². The molecule has 1 aliphatic carbocycles. The number of hydrogen-bond acceptors (Lipinski definition) is 2. The summed E-state index contributed by atoms with van der Waals surface area (Å²) in [5.74, 6) is -0.344. The molecule has 0 bridgehead atoms. The SMILES string of the molecule is CCN(C(=O)C(C)(C)C(=O)NC1CC1)c1ccccc1. The molecule has 20 heavy (non-hydrogen) atoms. The highest BCUT2D eigenvalue weighted by atomic mass is 16.2. The molecule has 0 unspecified atom stereocenters. The molecule has 0 saturated heterocycles. The fourth-order valence-electron chi connectivity index (χ4n) is 2.08. The maximum absolute atomic E-state index is 12.7. The highest BCUT2D eigenvalue weighted by Gasteiger charge is 2.41. The van der Waals surface area contributed by atoms with Gasteiger partial charge in [0, 0.05) is 18.3 Å². The third-order valence-electron chi connectivity index (χ3n) is 3.64. The largest absolute Gasteiger partial charge is 0.352 e. The van der Waals surface area contributed by atoms with Crippen LogP contribution < -0.4 is 10.2 Å². The van der Waals surface area contributed by atoms with Crippen molar-refractivity contribution in [3.05, 3.63) is 30.3 Å². The molecule has 1 aromatic carbocycles. The van der Waals surface area contributed by atoms with E-state index in [4.69, 9.17) is 0 Å². The Morgan fingerprint density at radius 2 is 1.85 bits per heavy atom. The molecule has 1 aromatic rings. The van der Waals surface area contributed by atoms with E-state index >= 15 is 0 Å². The van der Waals surface area contributed by atoms with E-state index < -0.39 is 5.41 Å². The molecule has 1 N–H and O–H groups in total. The fourth-order valence-corrected chi connectivity index (χ4v) is 2.08. The van der Waals surface area contributed by atoms with Gasteiger partial charge in [-0.3, -0.25) is 9.59 Å². The highest BCUT2D eigenvalue weighted by Crippen LogP contribution is 2.26. The molecular formula is C16H22N2O2. The van der Waals surface area contributed by atoms with Crippen LogP contribution in [-0.4, -0.2) is 24.4 Å². The topological polar surface area (TPSA) is 49.4 Å². The lowest BCUT2D eigenvalue weighted by atomic mass is 9.90. The minimum atomic E-state index is -1.05. The molecule has 108 valence electrons. The van der Waals surface area contributed by atoms with Gasteiger partial charge in [-0.05, 0) is 45.7 Å². The number of nitrogens with zero attached hydrogens (tertiary/aromatic N) is 1. The molecule has 1 fully saturated rings. The van der Waals surface area contributed by atoms with Crippen molar-refractivity contribution in [2.24, 2.45) is 5.41 Å². The lowest BCUT2D eigenvalue weighted by molar-refractivity contribution is -0.139. The number of para-hydroxylation sites is 1. The first-order chi connectivity index (χ1) is 9.46. The van der Waals surface area contributed by atoms with Crippen LogP contribution in [0.1, 0.15) is 33.6 Å². The summed E-state index contributed by atoms with van der Waals surface area (Å²) in [6, 6.07) is 9.73. The zero-order valence-electron chi connectivity index (χ0n) is 12.3. The molecular weight excluding hydrogens is 252 g/mol. The van der Waals surface area contributed by atoms with E-state index in [1.54, 1.807) is 18.7 Å². The first-order valence-corrected chi connectivity index (χ1v) is 7.14. The Bertz CT molecular complexity index is 492. The van der Waals surface area contributed by atoms with E-state index in [2.05, 4.69) is 5.32 Å². The molecule has 4 heteroatoms. The first kappa shape index (κ1) is 14.6. The Balaban J connectivity index is 2.16. The second-order valence-electron chi connectivity index (χ2n) is 5.76. The summed E-state index contributed by atoms with van der Waals surface area (Å²) in [6.07, 6.45) is 2.04. The third-order valence-corrected chi connectivity index (χ3v) is 3.64. The molecule has 0 heterocycles. The van der Waals surface area contributed by atoms with E-state index in [-0.39, 0.29) is 17.9 Å². The highest BCUT2D eigenvalue weighted by molar-refractivity contribution is 6.11. The Morgan fingerprint density at radius 3 is 2.35 bits per heavy atom. The van der Waals surface area contributed by atoms with Crippen LogP contribution in [-0.2, 0) is 9.59 Å². The summed E-state index contributed by atoms with van der Waals surface area (Å²) in [5.41, 5.74) is -0.221. The van der Waals surface area contributed by atoms with Gasteiger partial charge in [0.05, 0.1) is 0 Å². The van der Waals surface area contributed by atoms with Gasteiger partial charge in [-0.1, -0.05) is 18.2 Å². The Kier molecular flexibility index (Phi) is 4.12. The van der Waals surface area contributed by atoms with Crippen LogP contribution in [0, 0.1) is 5.41 Å². The number of amides is 2. The Hall–Kier alpha value is -1.84. The molecule has 0 radical (unpaired) electrons. The minimum absolute atomic E-state index is 0.163. The molecule has 2 amide bonds. The van der Waals surface area contributed by atoms with Crippen LogP contribution in [0.2, 0.25) is 0 Å². The van der Waals surface area contributed by atoms with Crippen LogP contribution in [0.15, 0.2) is 30.3 Å². The molecule has 2 rings (SSSR count). The molecule has 4 nitrogen and oxygen atoms in total. The molecule has 0 aliphatic heterocycles. The van der Waals surface area contributed by atoms with Crippen molar-refractivity contribution in [1.29, 1.82) is 0 Å². The van der Waals surface area contributed by atoms with E-state index in [9.17, 15) is 9.59 Å². The smallest absolute Gasteiger partial charge is 0.242 e. The van der Waals surface area contributed by atoms with Crippen molar-refractivity contribution in [3.63, 3.8) is 0 Å². The summed E-state index contributed by atoms with van der Waals surface area (Å²) < 4.78 is 0. The van der Waals surface area contributed by atoms with Gasteiger partial charge in [0.15, 0.2) is 0 Å². The van der Waals surface area contributed by atoms with Gasteiger partial charge in [0.2, 0.25) is 11.8 Å². The first-order valence-electron chi connectivity index (χ1n) is 7.14. The number of nitrogens with one attached hydrogen (secondary N) is 1. The second-order valence-corrected chi connectivity index (χ2v) is 5.76. The maximum Gasteiger partial charge on any atom is 0.242 e. The monoisotopic (exact) mass is 274 g/mol. The lowest BCUT2D eigenvalue weighted by Crippen LogP contribution is -2.50. The van der Waals surface area contributed by atoms with E-state index in [0.29, 0.717) is 6.54 Å². The van der Waals surface area contributed by atoms with Gasteiger partial charge in [0.25, 0.3) is 0 Å². The van der Waals surface area contributed by atoms with E-state index in [1.165, 1.54) is 0 Å². The quantitative estimate of drug-likeness (QED) is 0.838. The van der Waals surface area contributed by atoms with Crippen molar-refractivity contribution < 1.29 is 9.59 Å². The second kappa shape index (κ2) is 5.65. The Labute approximate surface area is 120 Å². The summed E-state index contributed by atoms with van der Waals surface area (Å²) in [4.78, 5) is 26.6. The summed E-state index contributed by atoms with van der Waals surface area (Å²) in [7, 11) is 0. The van der Waals surface area contributed by atoms with Crippen molar-refractivity contribution in [3.8, 4) is 0 Å². The number of carbonyl (C=O) groups is 2. The van der Waals surface area contributed by atoms with Gasteiger partial charge < -0.3 is 10.2 Å². The van der Waals surface area contributed by atoms with Crippen LogP contribution in [0.3, 0.4) is 0 Å². The average molecular weight is 274 g/mol. The van der Waals surface area contributed by atoms with Gasteiger partial charge in [0.1, 0.15) is 5.41 Å². The Morgan fingerprint density at radius 1 is 1.25 bits per heavy atom. The molecule has 1 saturated carbocycles. The summed E-state index contributed by atoms with van der Waals surface area (Å²) >= 11 is 0. The average Bonchev–Trinajstić information content (AvgIpc) is 3.24. The van der Waals surface area contributed by atoms with Gasteiger partial charge in [-0.2, -0.15) is 0 Å². The summed E-state index contributed by atoms with van der Waals surface area (Å²) in [5, 5.41) is 2.92. The maximum atomic E-state index is 12.7. The number of rotatable bonds is 5. The van der Waals surface area contributed by atoms with E-state index in [0.717, 1.165) is 18.5 Å². The zero-order valence-corrected chi connectivity index (χ0v) is 12.3. The fraction of sp³-hybridized carbons (Fsp3) is 0.500. The predicted molar refractivity (Wildman–Crippen MR) is 79.4 cm³/mol. The molecule has 1 aliphatic rings. The normalized spacial score (nSPS) is 14.8. The van der Waals surface area contributed by atoms with Crippen molar-refractivity contribution in [2.75, 3.05) is 11.4 Å². The number of anilines is 1. The number of benzene rings is 1. The van der Waals surface area contributed by atoms with Gasteiger partial charge in [-0.25, -0.2) is 0 Å². The van der Waals surface area contributed by atoms with Crippen molar-refractivity contribution >= 4 is 17.5 Å². The van der Waals surface area contributed by atoms with Crippen LogP contribution in [0.4, 0.5) is 5.69 Å². The van der Waals surface area contributed by atoms with E-state index in [1.807, 2.05) is 37.3 Å². The molecule has 0 spiro atoms. The summed E-state index contributed by atoms with van der Waals surface area (Å²) in [6.45, 7) is 5.85. The standard InChI is InChI=1S/C16H22N2O2/c1-4-18(13-8-6-5-7-9-13)15(20)16(2,3)14(19)17-12-10-11-12/h5-9,12H,4,10-11H2,1-3H3,(H,17,19). The van der Waals surface area contributed by atoms with Gasteiger partial charge in [-0.15, -0.1) is 0 Å². The van der Waals surface area contributed by atoms with Crippen LogP contribution in [0.5, 0.6) is 0 Å². The predicted octanol–water partition coefficient (Wildman–Crippen LogP) is 2.34. The van der Waals surface area contributed by atoms with Gasteiger partial charge >= 0.3 is 0 Å². The van der Waals surface area contributed by atoms with Crippen molar-refractivity contribution in [1.82, 2.24) is 5.32 Å². The zero-order chi connectivity index (χ0) is 14.8. The number of hydrogen-bond donors (Lipinski definition) is 1. The molecule has 0 aromatic heterocycles. The van der Waals surface area contributed by atoms with Crippen molar-refractivity contribution in [2.45, 2.75) is 39.7 Å². The molecule has 0 atom stereocenters. The lowest BCUT2D eigenvalue weighted by Gasteiger charge is -2.30. The van der Waals surface area contributed by atoms with Crippen LogP contribution in [0.25, 0.3) is 0 Å². The minimum Gasteiger partial charge on any atom is -0.352 e. The number of carbonyl (C=O) groups excluding carboxylic acids is 2. The third kappa shape index (κ3) is 3.00.